The summed E-state index contributed by atoms with van der Waals surface area (Å²) in [5, 5.41) is 0. The predicted molar refractivity (Wildman–Crippen MR) is 75.1 cm³/mol. The highest BCUT2D eigenvalue weighted by atomic mass is 16.5. The Morgan fingerprint density at radius 1 is 1.42 bits per heavy atom. The molecule has 4 heteroatoms. The van der Waals surface area contributed by atoms with Crippen LogP contribution >= 0.6 is 0 Å². The number of ether oxygens (including phenoxy) is 1. The average Bonchev–Trinajstić information content (AvgIpc) is 2.91. The molecule has 2 N–H and O–H groups in total. The van der Waals surface area contributed by atoms with E-state index < -0.39 is 0 Å². The van der Waals surface area contributed by atoms with Gasteiger partial charge in [0.25, 0.3) is 0 Å². The first-order valence-electron chi connectivity index (χ1n) is 7.05. The third kappa shape index (κ3) is 2.45. The molecule has 0 radical (unpaired) electrons. The van der Waals surface area contributed by atoms with Crippen LogP contribution in [0.5, 0.6) is 0 Å². The number of carbonyl (C=O) groups is 1. The van der Waals surface area contributed by atoms with E-state index in [1.165, 1.54) is 0 Å². The van der Waals surface area contributed by atoms with Gasteiger partial charge in [-0.05, 0) is 43.4 Å². The Hall–Kier alpha value is -1.55. The highest BCUT2D eigenvalue weighted by Gasteiger charge is 2.27. The van der Waals surface area contributed by atoms with Crippen LogP contribution in [0.1, 0.15) is 31.2 Å². The Kier molecular flexibility index (Phi) is 3.42. The minimum atomic E-state index is 0.110. The van der Waals surface area contributed by atoms with Crippen LogP contribution in [0.2, 0.25) is 0 Å². The van der Waals surface area contributed by atoms with Crippen molar-refractivity contribution in [2.45, 2.75) is 38.2 Å². The van der Waals surface area contributed by atoms with E-state index in [0.29, 0.717) is 6.42 Å². The van der Waals surface area contributed by atoms with E-state index in [1.807, 2.05) is 23.1 Å². The number of rotatable bonds is 2. The molecule has 0 spiro atoms. The summed E-state index contributed by atoms with van der Waals surface area (Å²) < 4.78 is 5.55. The van der Waals surface area contributed by atoms with Gasteiger partial charge in [-0.2, -0.15) is 0 Å². The van der Waals surface area contributed by atoms with Gasteiger partial charge >= 0.3 is 0 Å². The molecule has 1 amide bonds. The molecule has 0 saturated carbocycles. The number of hydrogen-bond donors (Lipinski definition) is 1. The van der Waals surface area contributed by atoms with Gasteiger partial charge in [0, 0.05) is 24.5 Å². The molecule has 2 aliphatic heterocycles. The lowest BCUT2D eigenvalue weighted by Gasteiger charge is -2.31. The van der Waals surface area contributed by atoms with Gasteiger partial charge in [-0.25, -0.2) is 0 Å². The largest absolute Gasteiger partial charge is 0.398 e. The number of hydrogen-bond acceptors (Lipinski definition) is 3. The van der Waals surface area contributed by atoms with Gasteiger partial charge in [0.15, 0.2) is 0 Å². The number of amides is 1. The zero-order valence-electron chi connectivity index (χ0n) is 11.1. The third-order valence-electron chi connectivity index (χ3n) is 4.01. The number of benzene rings is 1. The number of anilines is 2. The van der Waals surface area contributed by atoms with Crippen LogP contribution in [0.3, 0.4) is 0 Å². The predicted octanol–water partition coefficient (Wildman–Crippen LogP) is 2.12. The number of nitrogens with two attached hydrogens (primary N) is 1. The summed E-state index contributed by atoms with van der Waals surface area (Å²) >= 11 is 0. The van der Waals surface area contributed by atoms with E-state index >= 15 is 0 Å². The van der Waals surface area contributed by atoms with Crippen LogP contribution in [0.25, 0.3) is 0 Å². The second kappa shape index (κ2) is 5.21. The summed E-state index contributed by atoms with van der Waals surface area (Å²) in [4.78, 5) is 14.3. The summed E-state index contributed by atoms with van der Waals surface area (Å²) in [6.07, 6.45) is 4.63. The molecule has 2 heterocycles. The van der Waals surface area contributed by atoms with E-state index in [4.69, 9.17) is 10.5 Å². The molecule has 1 unspecified atom stereocenters. The first-order valence-corrected chi connectivity index (χ1v) is 7.05. The maximum Gasteiger partial charge on any atom is 0.229 e. The monoisotopic (exact) mass is 260 g/mol. The maximum absolute atomic E-state index is 12.4. The lowest BCUT2D eigenvalue weighted by Crippen LogP contribution is -2.37. The third-order valence-corrected chi connectivity index (χ3v) is 4.01. The van der Waals surface area contributed by atoms with E-state index in [9.17, 15) is 4.79 Å². The topological polar surface area (TPSA) is 55.6 Å². The molecule has 1 aromatic rings. The van der Waals surface area contributed by atoms with Crippen LogP contribution < -0.4 is 10.6 Å². The van der Waals surface area contributed by atoms with E-state index in [0.717, 1.165) is 55.8 Å². The smallest absolute Gasteiger partial charge is 0.229 e. The highest BCUT2D eigenvalue weighted by molar-refractivity contribution is 5.95. The number of carbonyl (C=O) groups excluding carboxylic acids is 1. The summed E-state index contributed by atoms with van der Waals surface area (Å²) in [7, 11) is 0. The second-order valence-electron chi connectivity index (χ2n) is 5.33. The Bertz CT molecular complexity index is 481. The zero-order valence-corrected chi connectivity index (χ0v) is 11.1. The lowest BCUT2D eigenvalue weighted by molar-refractivity contribution is -0.120. The van der Waals surface area contributed by atoms with Crippen molar-refractivity contribution in [2.24, 2.45) is 0 Å². The Balaban J connectivity index is 1.79. The number of fused-ring (bicyclic) bond motifs is 1. The number of nitrogens with zero attached hydrogens (tertiary/aromatic N) is 1. The molecule has 2 aliphatic rings. The summed E-state index contributed by atoms with van der Waals surface area (Å²) in [6.45, 7) is 1.59. The average molecular weight is 260 g/mol. The van der Waals surface area contributed by atoms with Crippen molar-refractivity contribution in [2.75, 3.05) is 23.8 Å². The van der Waals surface area contributed by atoms with Gasteiger partial charge in [-0.3, -0.25) is 4.79 Å². The fraction of sp³-hybridized carbons (Fsp3) is 0.533. The first-order chi connectivity index (χ1) is 9.25. The van der Waals surface area contributed by atoms with Crippen molar-refractivity contribution in [1.82, 2.24) is 0 Å². The number of nitrogen functional groups attached to an aromatic ring is 1. The summed E-state index contributed by atoms with van der Waals surface area (Å²) in [5.41, 5.74) is 8.92. The molecule has 1 fully saturated rings. The van der Waals surface area contributed by atoms with Crippen molar-refractivity contribution >= 4 is 17.3 Å². The standard InChI is InChI=1S/C15H20N2O2/c16-13-6-1-7-14-12(13)5-2-8-17(14)15(18)10-11-4-3-9-19-11/h1,6-7,11H,2-5,8-10,16H2. The quantitative estimate of drug-likeness (QED) is 0.829. The van der Waals surface area contributed by atoms with Crippen molar-refractivity contribution in [3.05, 3.63) is 23.8 Å². The van der Waals surface area contributed by atoms with E-state index in [1.54, 1.807) is 0 Å². The van der Waals surface area contributed by atoms with Gasteiger partial charge in [0.2, 0.25) is 5.91 Å². The molecule has 1 atom stereocenters. The molecule has 0 bridgehead atoms. The molecular weight excluding hydrogens is 240 g/mol. The SMILES string of the molecule is Nc1cccc2c1CCCN2C(=O)CC1CCCO1. The maximum atomic E-state index is 12.4. The summed E-state index contributed by atoms with van der Waals surface area (Å²) in [5.74, 6) is 0.165. The minimum absolute atomic E-state index is 0.110. The molecule has 19 heavy (non-hydrogen) atoms. The second-order valence-corrected chi connectivity index (χ2v) is 5.33. The van der Waals surface area contributed by atoms with Crippen molar-refractivity contribution in [1.29, 1.82) is 0 Å². The molecule has 1 aromatic carbocycles. The van der Waals surface area contributed by atoms with E-state index in [-0.39, 0.29) is 12.0 Å². The summed E-state index contributed by atoms with van der Waals surface area (Å²) in [6, 6.07) is 5.83. The normalized spacial score (nSPS) is 22.3. The minimum Gasteiger partial charge on any atom is -0.398 e. The van der Waals surface area contributed by atoms with Gasteiger partial charge in [0.05, 0.1) is 12.5 Å². The van der Waals surface area contributed by atoms with Crippen molar-refractivity contribution in [3.63, 3.8) is 0 Å². The Morgan fingerprint density at radius 2 is 2.32 bits per heavy atom. The molecular formula is C15H20N2O2. The zero-order chi connectivity index (χ0) is 13.2. The van der Waals surface area contributed by atoms with Crippen LogP contribution in [0, 0.1) is 0 Å². The van der Waals surface area contributed by atoms with Crippen LogP contribution in [0.15, 0.2) is 18.2 Å². The van der Waals surface area contributed by atoms with Gasteiger partial charge in [-0.15, -0.1) is 0 Å². The van der Waals surface area contributed by atoms with Crippen molar-refractivity contribution in [3.8, 4) is 0 Å². The first kappa shape index (κ1) is 12.5. The van der Waals surface area contributed by atoms with E-state index in [2.05, 4.69) is 0 Å². The van der Waals surface area contributed by atoms with Crippen LogP contribution in [0.4, 0.5) is 11.4 Å². The van der Waals surface area contributed by atoms with Crippen LogP contribution in [-0.2, 0) is 16.0 Å². The van der Waals surface area contributed by atoms with Gasteiger partial charge in [-0.1, -0.05) is 6.07 Å². The fourth-order valence-corrected chi connectivity index (χ4v) is 3.02. The van der Waals surface area contributed by atoms with Gasteiger partial charge in [0.1, 0.15) is 0 Å². The van der Waals surface area contributed by atoms with Crippen molar-refractivity contribution < 1.29 is 9.53 Å². The lowest BCUT2D eigenvalue weighted by atomic mass is 9.99. The molecule has 1 saturated heterocycles. The van der Waals surface area contributed by atoms with Crippen LogP contribution in [-0.4, -0.2) is 25.2 Å². The Morgan fingerprint density at radius 3 is 3.11 bits per heavy atom. The molecule has 0 aliphatic carbocycles. The molecule has 3 rings (SSSR count). The van der Waals surface area contributed by atoms with Gasteiger partial charge < -0.3 is 15.4 Å². The Labute approximate surface area is 113 Å². The highest BCUT2D eigenvalue weighted by Crippen LogP contribution is 2.32. The molecule has 4 nitrogen and oxygen atoms in total. The molecule has 0 aromatic heterocycles. The molecule has 102 valence electrons. The fourth-order valence-electron chi connectivity index (χ4n) is 3.02.